The molecule has 4 nitrogen and oxygen atoms in total. The van der Waals surface area contributed by atoms with Gasteiger partial charge in [0.2, 0.25) is 0 Å². The van der Waals surface area contributed by atoms with Gasteiger partial charge in [-0.3, -0.25) is 0 Å². The summed E-state index contributed by atoms with van der Waals surface area (Å²) in [5, 5.41) is 27.4. The zero-order chi connectivity index (χ0) is 18.3. The van der Waals surface area contributed by atoms with Gasteiger partial charge in [0, 0.05) is 18.6 Å². The van der Waals surface area contributed by atoms with Gasteiger partial charge in [0.15, 0.2) is 0 Å². The molecule has 0 aliphatic rings. The van der Waals surface area contributed by atoms with Crippen LogP contribution in [0.4, 0.5) is 0 Å². The molecular formula is C21H28O4. The molecule has 0 aromatic heterocycles. The second kappa shape index (κ2) is 8.99. The predicted molar refractivity (Wildman–Crippen MR) is 99.2 cm³/mol. The molecule has 0 unspecified atom stereocenters. The standard InChI is InChI=1S/C21H28O4/c1-21(2,18-5-7-20(8-6-18)25-14-13-24)19-4-3-16(9-11-22)17(15-19)10-12-23/h3-8,15,22-24H,9-14H2,1-2H3. The van der Waals surface area contributed by atoms with Crippen LogP contribution in [-0.2, 0) is 18.3 Å². The highest BCUT2D eigenvalue weighted by Gasteiger charge is 2.24. The van der Waals surface area contributed by atoms with Crippen molar-refractivity contribution in [2.24, 2.45) is 0 Å². The van der Waals surface area contributed by atoms with E-state index in [2.05, 4.69) is 32.0 Å². The maximum Gasteiger partial charge on any atom is 0.119 e. The minimum absolute atomic E-state index is 0.00106. The van der Waals surface area contributed by atoms with E-state index in [1.54, 1.807) is 0 Å². The van der Waals surface area contributed by atoms with E-state index in [4.69, 9.17) is 9.84 Å². The molecule has 2 aromatic carbocycles. The zero-order valence-electron chi connectivity index (χ0n) is 15.0. The quantitative estimate of drug-likeness (QED) is 0.653. The Morgan fingerprint density at radius 2 is 1.36 bits per heavy atom. The molecule has 0 amide bonds. The van der Waals surface area contributed by atoms with Crippen LogP contribution >= 0.6 is 0 Å². The molecule has 2 aromatic rings. The van der Waals surface area contributed by atoms with Crippen LogP contribution in [0.25, 0.3) is 0 Å². The summed E-state index contributed by atoms with van der Waals surface area (Å²) in [6.45, 7) is 4.83. The third-order valence-electron chi connectivity index (χ3n) is 4.63. The minimum atomic E-state index is -0.197. The Bertz CT molecular complexity index is 662. The first-order valence-electron chi connectivity index (χ1n) is 8.71. The van der Waals surface area contributed by atoms with E-state index in [-0.39, 0.29) is 25.2 Å². The summed E-state index contributed by atoms with van der Waals surface area (Å²) in [5.74, 6) is 0.743. The first-order valence-corrected chi connectivity index (χ1v) is 8.71. The van der Waals surface area contributed by atoms with Gasteiger partial charge in [-0.05, 0) is 47.2 Å². The second-order valence-electron chi connectivity index (χ2n) is 6.65. The lowest BCUT2D eigenvalue weighted by molar-refractivity contribution is 0.201. The van der Waals surface area contributed by atoms with Crippen LogP contribution in [0.2, 0.25) is 0 Å². The van der Waals surface area contributed by atoms with Gasteiger partial charge >= 0.3 is 0 Å². The smallest absolute Gasteiger partial charge is 0.119 e. The number of aliphatic hydroxyl groups is 3. The molecule has 25 heavy (non-hydrogen) atoms. The highest BCUT2D eigenvalue weighted by atomic mass is 16.5. The third-order valence-corrected chi connectivity index (χ3v) is 4.63. The topological polar surface area (TPSA) is 69.9 Å². The normalized spacial score (nSPS) is 11.6. The summed E-state index contributed by atoms with van der Waals surface area (Å²) in [4.78, 5) is 0. The van der Waals surface area contributed by atoms with Gasteiger partial charge in [0.05, 0.1) is 6.61 Å². The van der Waals surface area contributed by atoms with E-state index in [0.717, 1.165) is 22.4 Å². The molecule has 0 saturated carbocycles. The van der Waals surface area contributed by atoms with Crippen LogP contribution < -0.4 is 4.74 Å². The SMILES string of the molecule is CC(C)(c1ccc(OCCO)cc1)c1ccc(CCO)c(CCO)c1. The number of aliphatic hydroxyl groups excluding tert-OH is 3. The van der Waals surface area contributed by atoms with Crippen molar-refractivity contribution in [2.45, 2.75) is 32.1 Å². The highest BCUT2D eigenvalue weighted by Crippen LogP contribution is 2.33. The second-order valence-corrected chi connectivity index (χ2v) is 6.65. The van der Waals surface area contributed by atoms with Gasteiger partial charge in [-0.2, -0.15) is 0 Å². The third kappa shape index (κ3) is 4.82. The lowest BCUT2D eigenvalue weighted by Crippen LogP contribution is -2.19. The van der Waals surface area contributed by atoms with Crippen molar-refractivity contribution in [2.75, 3.05) is 26.4 Å². The van der Waals surface area contributed by atoms with Crippen molar-refractivity contribution >= 4 is 0 Å². The van der Waals surface area contributed by atoms with Crippen molar-refractivity contribution in [3.05, 3.63) is 64.7 Å². The maximum atomic E-state index is 9.33. The first-order chi connectivity index (χ1) is 12.0. The highest BCUT2D eigenvalue weighted by molar-refractivity contribution is 5.43. The fourth-order valence-corrected chi connectivity index (χ4v) is 3.03. The molecule has 0 bridgehead atoms. The van der Waals surface area contributed by atoms with Crippen molar-refractivity contribution in [1.29, 1.82) is 0 Å². The predicted octanol–water partition coefficient (Wildman–Crippen LogP) is 2.45. The lowest BCUT2D eigenvalue weighted by atomic mass is 9.77. The van der Waals surface area contributed by atoms with Crippen LogP contribution in [0.1, 0.15) is 36.1 Å². The Labute approximate surface area is 149 Å². The van der Waals surface area contributed by atoms with E-state index in [1.165, 1.54) is 5.56 Å². The first kappa shape index (κ1) is 19.4. The van der Waals surface area contributed by atoms with Crippen molar-refractivity contribution in [1.82, 2.24) is 0 Å². The van der Waals surface area contributed by atoms with Gasteiger partial charge < -0.3 is 20.1 Å². The summed E-state index contributed by atoms with van der Waals surface area (Å²) in [7, 11) is 0. The van der Waals surface area contributed by atoms with Gasteiger partial charge in [-0.15, -0.1) is 0 Å². The van der Waals surface area contributed by atoms with E-state index in [1.807, 2.05) is 24.3 Å². The van der Waals surface area contributed by atoms with E-state index >= 15 is 0 Å². The zero-order valence-corrected chi connectivity index (χ0v) is 15.0. The largest absolute Gasteiger partial charge is 0.491 e. The summed E-state index contributed by atoms with van der Waals surface area (Å²) < 4.78 is 5.42. The van der Waals surface area contributed by atoms with Crippen LogP contribution in [0.3, 0.4) is 0 Å². The van der Waals surface area contributed by atoms with Crippen molar-refractivity contribution < 1.29 is 20.1 Å². The molecule has 3 N–H and O–H groups in total. The summed E-state index contributed by atoms with van der Waals surface area (Å²) in [6, 6.07) is 14.2. The van der Waals surface area contributed by atoms with Crippen molar-refractivity contribution in [3.8, 4) is 5.75 Å². The summed E-state index contributed by atoms with van der Waals surface area (Å²) in [6.07, 6.45) is 1.19. The van der Waals surface area contributed by atoms with Gasteiger partial charge in [-0.1, -0.05) is 44.2 Å². The molecule has 0 aliphatic heterocycles. The minimum Gasteiger partial charge on any atom is -0.491 e. The Kier molecular flexibility index (Phi) is 7.00. The molecule has 2 rings (SSSR count). The van der Waals surface area contributed by atoms with Crippen LogP contribution in [-0.4, -0.2) is 41.7 Å². The molecule has 0 fully saturated rings. The van der Waals surface area contributed by atoms with Crippen LogP contribution in [0.5, 0.6) is 5.75 Å². The summed E-state index contributed by atoms with van der Waals surface area (Å²) >= 11 is 0. The molecule has 0 saturated heterocycles. The molecule has 0 aliphatic carbocycles. The average Bonchev–Trinajstić information content (AvgIpc) is 2.62. The molecule has 0 spiro atoms. The molecule has 136 valence electrons. The average molecular weight is 344 g/mol. The molecule has 0 atom stereocenters. The van der Waals surface area contributed by atoms with Crippen LogP contribution in [0, 0.1) is 0 Å². The molecule has 0 heterocycles. The van der Waals surface area contributed by atoms with Gasteiger partial charge in [0.25, 0.3) is 0 Å². The molecule has 0 radical (unpaired) electrons. The number of hydrogen-bond donors (Lipinski definition) is 3. The lowest BCUT2D eigenvalue weighted by Gasteiger charge is -2.27. The Morgan fingerprint density at radius 1 is 0.760 bits per heavy atom. The van der Waals surface area contributed by atoms with Crippen LogP contribution in [0.15, 0.2) is 42.5 Å². The van der Waals surface area contributed by atoms with E-state index < -0.39 is 0 Å². The number of hydrogen-bond acceptors (Lipinski definition) is 4. The maximum absolute atomic E-state index is 9.33. The fraction of sp³-hybridized carbons (Fsp3) is 0.429. The summed E-state index contributed by atoms with van der Waals surface area (Å²) in [5.41, 5.74) is 4.31. The Hall–Kier alpha value is -1.88. The van der Waals surface area contributed by atoms with Gasteiger partial charge in [0.1, 0.15) is 12.4 Å². The van der Waals surface area contributed by atoms with E-state index in [0.29, 0.717) is 19.4 Å². The number of benzene rings is 2. The van der Waals surface area contributed by atoms with Gasteiger partial charge in [-0.25, -0.2) is 0 Å². The Morgan fingerprint density at radius 3 is 1.96 bits per heavy atom. The monoisotopic (exact) mass is 344 g/mol. The van der Waals surface area contributed by atoms with Crippen molar-refractivity contribution in [3.63, 3.8) is 0 Å². The molecular weight excluding hydrogens is 316 g/mol. The molecule has 4 heteroatoms. The fourth-order valence-electron chi connectivity index (χ4n) is 3.03. The number of rotatable bonds is 9. The Balaban J connectivity index is 2.29. The van der Waals surface area contributed by atoms with E-state index in [9.17, 15) is 10.2 Å². The number of ether oxygens (including phenoxy) is 1.